The van der Waals surface area contributed by atoms with Crippen molar-refractivity contribution in [3.63, 3.8) is 0 Å². The van der Waals surface area contributed by atoms with E-state index in [-0.39, 0.29) is 31.1 Å². The molecule has 0 aromatic heterocycles. The van der Waals surface area contributed by atoms with Gasteiger partial charge in [-0.05, 0) is 141 Å². The zero-order chi connectivity index (χ0) is 59.9. The highest BCUT2D eigenvalue weighted by atomic mass is 16.6. The molecule has 0 saturated heterocycles. The van der Waals surface area contributed by atoms with Gasteiger partial charge in [0.15, 0.2) is 6.10 Å². The summed E-state index contributed by atoms with van der Waals surface area (Å²) < 4.78 is 16.9. The number of ether oxygens (including phenoxy) is 3. The third kappa shape index (κ3) is 68.0. The number of carbonyl (C=O) groups excluding carboxylic acids is 3. The second-order valence-corrected chi connectivity index (χ2v) is 22.3. The fourth-order valence-electron chi connectivity index (χ4n) is 9.23. The predicted molar refractivity (Wildman–Crippen MR) is 362 cm³/mol. The lowest BCUT2D eigenvalue weighted by Gasteiger charge is -2.18. The van der Waals surface area contributed by atoms with Crippen LogP contribution in [0.4, 0.5) is 0 Å². The van der Waals surface area contributed by atoms with Crippen molar-refractivity contribution in [2.45, 2.75) is 309 Å². The summed E-state index contributed by atoms with van der Waals surface area (Å²) in [5.41, 5.74) is 0. The maximum atomic E-state index is 12.9. The minimum Gasteiger partial charge on any atom is -0.462 e. The Hall–Kier alpha value is -4.71. The van der Waals surface area contributed by atoms with Crippen LogP contribution in [0.25, 0.3) is 0 Å². The van der Waals surface area contributed by atoms with Crippen molar-refractivity contribution >= 4 is 17.9 Å². The van der Waals surface area contributed by atoms with Crippen LogP contribution in [0.15, 0.2) is 146 Å². The highest BCUT2D eigenvalue weighted by Crippen LogP contribution is 2.15. The van der Waals surface area contributed by atoms with Gasteiger partial charge in [-0.15, -0.1) is 0 Å². The van der Waals surface area contributed by atoms with E-state index in [1.165, 1.54) is 116 Å². The average molecular weight is 1150 g/mol. The van der Waals surface area contributed by atoms with Crippen LogP contribution in [-0.4, -0.2) is 37.2 Å². The van der Waals surface area contributed by atoms with Crippen molar-refractivity contribution in [1.29, 1.82) is 0 Å². The van der Waals surface area contributed by atoms with Gasteiger partial charge in [-0.2, -0.15) is 0 Å². The molecule has 0 aliphatic carbocycles. The molecule has 0 fully saturated rings. The summed E-state index contributed by atoms with van der Waals surface area (Å²) in [6.07, 6.45) is 100.0. The van der Waals surface area contributed by atoms with Crippen molar-refractivity contribution < 1.29 is 28.6 Å². The van der Waals surface area contributed by atoms with Gasteiger partial charge in [-0.25, -0.2) is 0 Å². The van der Waals surface area contributed by atoms with E-state index >= 15 is 0 Å². The van der Waals surface area contributed by atoms with Gasteiger partial charge in [-0.3, -0.25) is 14.4 Å². The molecular formula is C77H126O6. The maximum Gasteiger partial charge on any atom is 0.306 e. The minimum atomic E-state index is -0.802. The second kappa shape index (κ2) is 69.8. The maximum absolute atomic E-state index is 12.9. The summed E-state index contributed by atoms with van der Waals surface area (Å²) in [6.45, 7) is 6.40. The van der Waals surface area contributed by atoms with Gasteiger partial charge >= 0.3 is 17.9 Å². The molecule has 0 bridgehead atoms. The number of hydrogen-bond donors (Lipinski definition) is 0. The van der Waals surface area contributed by atoms with E-state index in [0.29, 0.717) is 19.3 Å². The Morgan fingerprint density at radius 1 is 0.253 bits per heavy atom. The first kappa shape index (κ1) is 78.3. The molecule has 1 atom stereocenters. The summed E-state index contributed by atoms with van der Waals surface area (Å²) in [4.78, 5) is 38.4. The van der Waals surface area contributed by atoms with E-state index in [4.69, 9.17) is 14.2 Å². The Morgan fingerprint density at radius 2 is 0.470 bits per heavy atom. The second-order valence-electron chi connectivity index (χ2n) is 22.3. The number of carbonyl (C=O) groups is 3. The molecule has 0 amide bonds. The van der Waals surface area contributed by atoms with E-state index in [9.17, 15) is 14.4 Å². The van der Waals surface area contributed by atoms with Crippen molar-refractivity contribution in [2.75, 3.05) is 13.2 Å². The van der Waals surface area contributed by atoms with Crippen molar-refractivity contribution in [1.82, 2.24) is 0 Å². The normalized spacial score (nSPS) is 13.0. The van der Waals surface area contributed by atoms with E-state index in [2.05, 4.69) is 167 Å². The van der Waals surface area contributed by atoms with Crippen LogP contribution in [0.1, 0.15) is 303 Å². The third-order valence-electron chi connectivity index (χ3n) is 14.3. The number of unbranched alkanes of at least 4 members (excludes halogenated alkanes) is 26. The Morgan fingerprint density at radius 3 is 0.747 bits per heavy atom. The van der Waals surface area contributed by atoms with Gasteiger partial charge in [-0.1, -0.05) is 289 Å². The topological polar surface area (TPSA) is 78.9 Å². The van der Waals surface area contributed by atoms with Crippen LogP contribution >= 0.6 is 0 Å². The summed E-state index contributed by atoms with van der Waals surface area (Å²) in [7, 11) is 0. The summed E-state index contributed by atoms with van der Waals surface area (Å²) in [5.74, 6) is -0.928. The van der Waals surface area contributed by atoms with Crippen LogP contribution in [0.2, 0.25) is 0 Å². The van der Waals surface area contributed by atoms with Crippen LogP contribution in [-0.2, 0) is 28.6 Å². The summed E-state index contributed by atoms with van der Waals surface area (Å²) in [5, 5.41) is 0. The molecule has 0 heterocycles. The molecule has 0 aliphatic heterocycles. The van der Waals surface area contributed by atoms with Gasteiger partial charge in [0.1, 0.15) is 13.2 Å². The van der Waals surface area contributed by atoms with Gasteiger partial charge in [0, 0.05) is 19.3 Å². The van der Waals surface area contributed by atoms with Gasteiger partial charge < -0.3 is 14.2 Å². The molecule has 0 aromatic carbocycles. The van der Waals surface area contributed by atoms with Gasteiger partial charge in [0.05, 0.1) is 0 Å². The highest BCUT2D eigenvalue weighted by molar-refractivity contribution is 5.71. The molecule has 6 nitrogen and oxygen atoms in total. The first-order valence-electron chi connectivity index (χ1n) is 34.3. The molecule has 0 aromatic rings. The van der Waals surface area contributed by atoms with E-state index < -0.39 is 6.10 Å². The lowest BCUT2D eigenvalue weighted by molar-refractivity contribution is -0.167. The molecule has 0 spiro atoms. The molecule has 0 N–H and O–H groups in total. The lowest BCUT2D eigenvalue weighted by atomic mass is 10.1. The first-order chi connectivity index (χ1) is 41.0. The van der Waals surface area contributed by atoms with Crippen LogP contribution < -0.4 is 0 Å². The van der Waals surface area contributed by atoms with Gasteiger partial charge in [0.25, 0.3) is 0 Å². The van der Waals surface area contributed by atoms with Crippen molar-refractivity contribution in [2.24, 2.45) is 0 Å². The predicted octanol–water partition coefficient (Wildman–Crippen LogP) is 23.9. The van der Waals surface area contributed by atoms with Crippen LogP contribution in [0, 0.1) is 0 Å². The van der Waals surface area contributed by atoms with Crippen LogP contribution in [0.3, 0.4) is 0 Å². The summed E-state index contributed by atoms with van der Waals surface area (Å²) >= 11 is 0. The largest absolute Gasteiger partial charge is 0.462 e. The van der Waals surface area contributed by atoms with E-state index in [1.807, 2.05) is 0 Å². The number of esters is 3. The summed E-state index contributed by atoms with van der Waals surface area (Å²) in [6, 6.07) is 0. The number of allylic oxidation sites excluding steroid dienone is 24. The zero-order valence-electron chi connectivity index (χ0n) is 53.9. The molecule has 83 heavy (non-hydrogen) atoms. The van der Waals surface area contributed by atoms with Crippen LogP contribution in [0.5, 0.6) is 0 Å². The molecule has 0 saturated carbocycles. The molecule has 0 rings (SSSR count). The fourth-order valence-corrected chi connectivity index (χ4v) is 9.23. The number of hydrogen-bond acceptors (Lipinski definition) is 6. The Labute approximate surface area is 512 Å². The van der Waals surface area contributed by atoms with Crippen molar-refractivity contribution in [3.8, 4) is 0 Å². The average Bonchev–Trinajstić information content (AvgIpc) is 3.49. The van der Waals surface area contributed by atoms with E-state index in [0.717, 1.165) is 148 Å². The highest BCUT2D eigenvalue weighted by Gasteiger charge is 2.19. The molecule has 470 valence electrons. The molecule has 6 heteroatoms. The molecular weight excluding hydrogens is 1020 g/mol. The van der Waals surface area contributed by atoms with E-state index in [1.54, 1.807) is 0 Å². The smallest absolute Gasteiger partial charge is 0.306 e. The quantitative estimate of drug-likeness (QED) is 0.0261. The Kier molecular flexibility index (Phi) is 65.8. The Bertz CT molecular complexity index is 1800. The first-order valence-corrected chi connectivity index (χ1v) is 34.3. The lowest BCUT2D eigenvalue weighted by Crippen LogP contribution is -2.30. The molecule has 0 radical (unpaired) electrons. The minimum absolute atomic E-state index is 0.0961. The molecule has 1 unspecified atom stereocenters. The van der Waals surface area contributed by atoms with Gasteiger partial charge in [0.2, 0.25) is 0 Å². The monoisotopic (exact) mass is 1150 g/mol. The fraction of sp³-hybridized carbons (Fsp3) is 0.649. The molecule has 0 aliphatic rings. The van der Waals surface area contributed by atoms with Crippen molar-refractivity contribution in [3.05, 3.63) is 146 Å². The standard InChI is InChI=1S/C77H126O6/c1-4-7-10-13-16-19-22-25-28-31-33-34-35-36-37-38-39-40-41-42-44-46-49-52-55-58-61-64-67-70-76(79)82-73-74(72-81-75(78)69-66-63-60-57-54-51-48-45-30-27-24-21-18-15-12-9-6-3)83-77(80)71-68-65-62-59-56-53-50-47-43-32-29-26-23-20-17-14-11-8-5-2/h7,9-10,12,16,18-19,21,25-30,33-34,36-37,39-40,42,44,49,52,74H,4-6,8,11,13-15,17,20,22-24,31-32,35,38,41,43,45-48,50-51,53-73H2,1-3H3/b10-7-,12-9-,19-16-,21-18-,28-25-,29-26-,30-27-,34-33-,37-36-,40-39-,44-42-,52-49-. The SMILES string of the molecule is CC/C=C\C/C=C\C/C=C\C/C=C\C/C=C\C/C=C\C/C=C\C/C=C\CCCCCCC(=O)OCC(COC(=O)CCCCCCCCC/C=C\C/C=C\C/C=C\CC)OC(=O)CCCCCCCCCCC/C=C\CCCCCCCC. The number of rotatable bonds is 61. The Balaban J connectivity index is 4.44. The third-order valence-corrected chi connectivity index (χ3v) is 14.3. The zero-order valence-corrected chi connectivity index (χ0v) is 53.9.